The maximum absolute atomic E-state index is 11.1. The molecule has 4 N–H and O–H groups in total. The van der Waals surface area contributed by atoms with Crippen molar-refractivity contribution in [3.63, 3.8) is 0 Å². The molecule has 0 amide bonds. The first kappa shape index (κ1) is 33.1. The maximum atomic E-state index is 11.1. The van der Waals surface area contributed by atoms with Crippen molar-refractivity contribution in [2.24, 2.45) is 0 Å². The quantitative estimate of drug-likeness (QED) is 0.0935. The molecular weight excluding hydrogens is 620 g/mol. The lowest BCUT2D eigenvalue weighted by atomic mass is 9.88. The number of non-ortho nitro benzene ring substituents is 1. The maximum Gasteiger partial charge on any atom is 0.299 e. The molecule has 1 aromatic heterocycles. The van der Waals surface area contributed by atoms with E-state index in [0.29, 0.717) is 25.0 Å². The number of aliphatic hydroxyl groups excluding tert-OH is 2. The molecule has 18 nitrogen and oxygen atoms in total. The van der Waals surface area contributed by atoms with Crippen molar-refractivity contribution in [3.8, 4) is 0 Å². The Morgan fingerprint density at radius 1 is 1.05 bits per heavy atom. The fourth-order valence-corrected chi connectivity index (χ4v) is 5.10. The summed E-state index contributed by atoms with van der Waals surface area (Å²) in [5.41, 5.74) is -1.80. The highest BCUT2D eigenvalue weighted by atomic mass is 35.5. The van der Waals surface area contributed by atoms with E-state index in [2.05, 4.69) is 20.0 Å². The third kappa shape index (κ3) is 8.85. The number of benzene rings is 1. The number of aromatic nitrogens is 2. The molecule has 2 bridgehead atoms. The molecule has 0 radical (unpaired) electrons. The van der Waals surface area contributed by atoms with E-state index in [0.717, 1.165) is 17.6 Å². The summed E-state index contributed by atoms with van der Waals surface area (Å²) in [5, 5.41) is 49.5. The molecule has 20 heteroatoms. The Hall–Kier alpha value is -2.85. The van der Waals surface area contributed by atoms with Gasteiger partial charge in [-0.3, -0.25) is 20.2 Å². The van der Waals surface area contributed by atoms with Crippen molar-refractivity contribution in [1.29, 1.82) is 0 Å². The fourth-order valence-electron chi connectivity index (χ4n) is 4.34. The molecule has 2 saturated heterocycles. The van der Waals surface area contributed by atoms with Crippen LogP contribution in [0.25, 0.3) is 0 Å². The second kappa shape index (κ2) is 15.7. The van der Waals surface area contributed by atoms with Crippen molar-refractivity contribution in [1.82, 2.24) is 9.36 Å². The highest BCUT2D eigenvalue weighted by molar-refractivity contribution is 7.09. The van der Waals surface area contributed by atoms with Crippen LogP contribution in [0.15, 0.2) is 18.2 Å². The largest absolute Gasteiger partial charge is 0.388 e. The number of fused-ring (bicyclic) bond motifs is 2. The van der Waals surface area contributed by atoms with Crippen LogP contribution in [0.3, 0.4) is 0 Å². The minimum atomic E-state index is -1.28. The average molecular weight is 651 g/mol. The summed E-state index contributed by atoms with van der Waals surface area (Å²) in [7, 11) is 0. The fraction of sp³-hybridized carbons (Fsp3) is 0.652. The molecule has 238 valence electrons. The Bertz CT molecular complexity index is 1230. The van der Waals surface area contributed by atoms with Crippen LogP contribution in [0.1, 0.15) is 0 Å². The molecule has 0 spiro atoms. The van der Waals surface area contributed by atoms with E-state index in [4.69, 9.17) is 40.0 Å². The smallest absolute Gasteiger partial charge is 0.299 e. The molecule has 2 aliphatic heterocycles. The van der Waals surface area contributed by atoms with Crippen LogP contribution in [-0.2, 0) is 28.4 Å². The number of anilines is 2. The Balaban J connectivity index is 1.00. The van der Waals surface area contributed by atoms with Crippen LogP contribution in [0.2, 0.25) is 5.28 Å². The number of ether oxygens (including phenoxy) is 6. The number of hydrogen-bond donors (Lipinski definition) is 4. The number of rotatable bonds is 19. The van der Waals surface area contributed by atoms with Crippen molar-refractivity contribution in [3.05, 3.63) is 43.7 Å². The van der Waals surface area contributed by atoms with Gasteiger partial charge in [-0.1, -0.05) is 0 Å². The van der Waals surface area contributed by atoms with Gasteiger partial charge in [0, 0.05) is 24.1 Å². The zero-order valence-electron chi connectivity index (χ0n) is 22.7. The molecule has 2 aliphatic rings. The van der Waals surface area contributed by atoms with Gasteiger partial charge in [0.15, 0.2) is 6.29 Å². The van der Waals surface area contributed by atoms with Crippen molar-refractivity contribution in [2.75, 3.05) is 76.6 Å². The molecule has 2 fully saturated rings. The van der Waals surface area contributed by atoms with Gasteiger partial charge in [-0.2, -0.15) is 9.36 Å². The van der Waals surface area contributed by atoms with E-state index in [1.165, 1.54) is 12.1 Å². The molecule has 3 heterocycles. The van der Waals surface area contributed by atoms with E-state index in [-0.39, 0.29) is 68.5 Å². The standard InChI is InChI=1S/C23H31ClN6O12S/c24-21-27-22(43-28-21)26-17-18(31)19(32)23(13-41-20(17)42-23)12-40-10-9-39-8-7-38-6-5-37-4-3-25-15-2-1-14(29(33)34)11-16(15)30(35)36/h1-2,11,17-20,25,31-32H,3-10,12-13H2,(H,26,27,28)/t17-,18+,19+,20-,23-/m0/s1. The summed E-state index contributed by atoms with van der Waals surface area (Å²) in [6.45, 7) is 2.23. The molecule has 0 unspecified atom stereocenters. The van der Waals surface area contributed by atoms with Crippen molar-refractivity contribution in [2.45, 2.75) is 30.1 Å². The van der Waals surface area contributed by atoms with Gasteiger partial charge in [-0.05, 0) is 17.7 Å². The minimum Gasteiger partial charge on any atom is -0.388 e. The first-order valence-electron chi connectivity index (χ1n) is 13.1. The number of nitro benzene ring substituents is 2. The summed E-state index contributed by atoms with van der Waals surface area (Å²) >= 11 is 6.74. The molecule has 1 aromatic carbocycles. The molecule has 2 aromatic rings. The Labute approximate surface area is 253 Å². The second-order valence-corrected chi connectivity index (χ2v) is 10.5. The second-order valence-electron chi connectivity index (χ2n) is 9.37. The molecule has 0 saturated carbocycles. The number of nitro groups is 2. The lowest BCUT2D eigenvalue weighted by Gasteiger charge is -2.42. The van der Waals surface area contributed by atoms with E-state index in [1.807, 2.05) is 0 Å². The van der Waals surface area contributed by atoms with Crippen LogP contribution >= 0.6 is 23.1 Å². The third-order valence-corrected chi connectivity index (χ3v) is 7.39. The monoisotopic (exact) mass is 650 g/mol. The summed E-state index contributed by atoms with van der Waals surface area (Å²) in [4.78, 5) is 24.5. The molecule has 43 heavy (non-hydrogen) atoms. The summed E-state index contributed by atoms with van der Waals surface area (Å²) in [5.74, 6) is 0. The van der Waals surface area contributed by atoms with E-state index in [1.54, 1.807) is 0 Å². The van der Waals surface area contributed by atoms with Crippen LogP contribution < -0.4 is 10.6 Å². The Morgan fingerprint density at radius 3 is 2.35 bits per heavy atom. The van der Waals surface area contributed by atoms with Gasteiger partial charge in [0.05, 0.1) is 75.4 Å². The van der Waals surface area contributed by atoms with Crippen molar-refractivity contribution >= 4 is 45.3 Å². The lowest BCUT2D eigenvalue weighted by Crippen LogP contribution is -2.64. The SMILES string of the molecule is O=[N+]([O-])c1ccc(NCCOCCOCCOCCOC[C@@]23CO[C@@H](O2)[C@@H](Nc2nc(Cl)ns2)[C@@H](O)[C@H]3O)c([N+](=O)[O-])c1. The van der Waals surface area contributed by atoms with E-state index < -0.39 is 40.0 Å². The van der Waals surface area contributed by atoms with Gasteiger partial charge in [0.1, 0.15) is 29.5 Å². The Kier molecular flexibility index (Phi) is 12.1. The first-order chi connectivity index (χ1) is 20.7. The summed E-state index contributed by atoms with van der Waals surface area (Å²) in [6, 6.07) is 2.60. The lowest BCUT2D eigenvalue weighted by molar-refractivity contribution is -0.393. The zero-order chi connectivity index (χ0) is 30.8. The van der Waals surface area contributed by atoms with Crippen LogP contribution in [0, 0.1) is 20.2 Å². The molecule has 5 atom stereocenters. The van der Waals surface area contributed by atoms with Crippen molar-refractivity contribution < 1.29 is 48.5 Å². The first-order valence-corrected chi connectivity index (χ1v) is 14.2. The van der Waals surface area contributed by atoms with Gasteiger partial charge < -0.3 is 49.3 Å². The number of nitrogens with one attached hydrogen (secondary N) is 2. The minimum absolute atomic E-state index is 0.0112. The highest BCUT2D eigenvalue weighted by Crippen LogP contribution is 2.38. The summed E-state index contributed by atoms with van der Waals surface area (Å²) < 4.78 is 37.3. The average Bonchev–Trinajstić information content (AvgIpc) is 3.59. The number of hydrogen-bond acceptors (Lipinski definition) is 17. The van der Waals surface area contributed by atoms with Gasteiger partial charge in [0.25, 0.3) is 11.4 Å². The van der Waals surface area contributed by atoms with Gasteiger partial charge in [-0.25, -0.2) is 0 Å². The molecular formula is C23H31ClN6O12S. The number of halogens is 1. The number of aliphatic hydroxyl groups is 2. The normalized spacial score (nSPS) is 24.6. The van der Waals surface area contributed by atoms with Crippen LogP contribution in [-0.4, -0.2) is 126 Å². The topological polar surface area (TPSA) is 232 Å². The third-order valence-electron chi connectivity index (χ3n) is 6.47. The number of nitrogens with zero attached hydrogens (tertiary/aromatic N) is 4. The van der Waals surface area contributed by atoms with Gasteiger partial charge in [0.2, 0.25) is 10.4 Å². The molecule has 4 rings (SSSR count). The zero-order valence-corrected chi connectivity index (χ0v) is 24.2. The van der Waals surface area contributed by atoms with Gasteiger partial charge >= 0.3 is 0 Å². The molecule has 0 aliphatic carbocycles. The highest BCUT2D eigenvalue weighted by Gasteiger charge is 2.59. The van der Waals surface area contributed by atoms with Crippen LogP contribution in [0.4, 0.5) is 22.2 Å². The van der Waals surface area contributed by atoms with E-state index in [9.17, 15) is 30.4 Å². The Morgan fingerprint density at radius 2 is 1.72 bits per heavy atom. The summed E-state index contributed by atoms with van der Waals surface area (Å²) in [6.07, 6.45) is -3.31. The van der Waals surface area contributed by atoms with Gasteiger partial charge in [-0.15, -0.1) is 0 Å². The van der Waals surface area contributed by atoms with Crippen LogP contribution in [0.5, 0.6) is 0 Å². The predicted octanol–water partition coefficient (Wildman–Crippen LogP) is 0.814. The predicted molar refractivity (Wildman–Crippen MR) is 149 cm³/mol. The van der Waals surface area contributed by atoms with E-state index >= 15 is 0 Å².